The highest BCUT2D eigenvalue weighted by Gasteiger charge is 2.26. The van der Waals surface area contributed by atoms with Crippen LogP contribution < -0.4 is 10.6 Å². The van der Waals surface area contributed by atoms with Crippen LogP contribution in [0.2, 0.25) is 0 Å². The number of hydrogen-bond acceptors (Lipinski definition) is 8. The molecule has 0 spiro atoms. The number of aromatic nitrogens is 2. The molecular formula is C31H38N6O3. The van der Waals surface area contributed by atoms with Gasteiger partial charge in [-0.15, -0.1) is 0 Å². The van der Waals surface area contributed by atoms with E-state index in [1.165, 1.54) is 11.8 Å². The van der Waals surface area contributed by atoms with Crippen molar-refractivity contribution < 1.29 is 14.3 Å². The van der Waals surface area contributed by atoms with E-state index in [1.807, 2.05) is 71.0 Å². The van der Waals surface area contributed by atoms with Gasteiger partial charge in [0, 0.05) is 30.9 Å². The van der Waals surface area contributed by atoms with Crippen molar-refractivity contribution in [1.82, 2.24) is 20.2 Å². The Morgan fingerprint density at radius 1 is 1.05 bits per heavy atom. The fourth-order valence-corrected chi connectivity index (χ4v) is 4.42. The van der Waals surface area contributed by atoms with Gasteiger partial charge in [-0.25, -0.2) is 14.8 Å². The summed E-state index contributed by atoms with van der Waals surface area (Å²) >= 11 is 0. The van der Waals surface area contributed by atoms with Gasteiger partial charge in [-0.05, 0) is 64.3 Å². The molecule has 9 heteroatoms. The molecule has 1 saturated heterocycles. The summed E-state index contributed by atoms with van der Waals surface area (Å²) in [5.41, 5.74) is 3.47. The Morgan fingerprint density at radius 2 is 1.73 bits per heavy atom. The first-order valence-corrected chi connectivity index (χ1v) is 13.6. The number of amides is 1. The number of carbonyl (C=O) groups is 1. The molecule has 3 aromatic rings. The summed E-state index contributed by atoms with van der Waals surface area (Å²) in [7, 11) is 0. The third-order valence-electron chi connectivity index (χ3n) is 6.63. The lowest BCUT2D eigenvalue weighted by molar-refractivity contribution is 0.0384. The molecule has 2 aromatic carbocycles. The zero-order chi connectivity index (χ0) is 28.8. The molecule has 1 aliphatic heterocycles. The second-order valence-corrected chi connectivity index (χ2v) is 11.4. The van der Waals surface area contributed by atoms with Crippen LogP contribution >= 0.6 is 0 Å². The van der Waals surface area contributed by atoms with Crippen LogP contribution in [0.25, 0.3) is 11.3 Å². The molecule has 1 aromatic heterocycles. The third kappa shape index (κ3) is 8.01. The second kappa shape index (κ2) is 12.5. The predicted octanol–water partition coefficient (Wildman–Crippen LogP) is 5.39. The summed E-state index contributed by atoms with van der Waals surface area (Å²) in [6.07, 6.45) is 2.03. The monoisotopic (exact) mass is 542 g/mol. The molecule has 40 heavy (non-hydrogen) atoms. The first-order chi connectivity index (χ1) is 19.0. The van der Waals surface area contributed by atoms with Gasteiger partial charge in [0.2, 0.25) is 5.95 Å². The van der Waals surface area contributed by atoms with Gasteiger partial charge in [0.25, 0.3) is 0 Å². The van der Waals surface area contributed by atoms with E-state index in [1.54, 1.807) is 0 Å². The van der Waals surface area contributed by atoms with Crippen molar-refractivity contribution in [3.8, 4) is 17.3 Å². The molecule has 0 aliphatic carbocycles. The van der Waals surface area contributed by atoms with Gasteiger partial charge in [0.15, 0.2) is 0 Å². The van der Waals surface area contributed by atoms with Crippen LogP contribution in [0.3, 0.4) is 0 Å². The molecule has 2 N–H and O–H groups in total. The Morgan fingerprint density at radius 3 is 2.35 bits per heavy atom. The molecule has 1 amide bonds. The summed E-state index contributed by atoms with van der Waals surface area (Å²) in [5.74, 6) is 0.408. The standard InChI is InChI=1S/C31H38N6O3/c1-30(2,3)40-29(38)36-31(4,5)25-10-8-23(9-11-25)27-24(20-32)21-33-28(35-27)34-26-12-6-22(7-13-26)14-15-37-16-18-39-19-17-37/h6-13,21H,14-19H2,1-5H3,(H,36,38)(H,33,34,35). The fraction of sp³-hybridized carbons (Fsp3) is 0.419. The van der Waals surface area contributed by atoms with Gasteiger partial charge in [-0.2, -0.15) is 5.26 Å². The molecule has 0 radical (unpaired) electrons. The first kappa shape index (κ1) is 29.0. The highest BCUT2D eigenvalue weighted by Crippen LogP contribution is 2.27. The third-order valence-corrected chi connectivity index (χ3v) is 6.63. The van der Waals surface area contributed by atoms with Crippen molar-refractivity contribution in [3.05, 3.63) is 71.4 Å². The highest BCUT2D eigenvalue weighted by atomic mass is 16.6. The Balaban J connectivity index is 1.44. The SMILES string of the molecule is CC(C)(C)OC(=O)NC(C)(C)c1ccc(-c2nc(Nc3ccc(CCN4CCOCC4)cc3)ncc2C#N)cc1. The average Bonchev–Trinajstić information content (AvgIpc) is 2.92. The topological polar surface area (TPSA) is 112 Å². The van der Waals surface area contributed by atoms with E-state index < -0.39 is 17.2 Å². The minimum atomic E-state index is -0.661. The number of anilines is 2. The van der Waals surface area contributed by atoms with E-state index in [0.717, 1.165) is 56.1 Å². The van der Waals surface area contributed by atoms with Gasteiger partial charge < -0.3 is 20.1 Å². The summed E-state index contributed by atoms with van der Waals surface area (Å²) < 4.78 is 10.8. The predicted molar refractivity (Wildman–Crippen MR) is 155 cm³/mol. The minimum absolute atomic E-state index is 0.378. The van der Waals surface area contributed by atoms with Gasteiger partial charge in [-0.1, -0.05) is 36.4 Å². The molecule has 0 unspecified atom stereocenters. The van der Waals surface area contributed by atoms with Crippen molar-refractivity contribution >= 4 is 17.7 Å². The van der Waals surface area contributed by atoms with Crippen molar-refractivity contribution in [2.45, 2.75) is 52.2 Å². The summed E-state index contributed by atoms with van der Waals surface area (Å²) in [4.78, 5) is 23.7. The van der Waals surface area contributed by atoms with Crippen LogP contribution in [0.1, 0.15) is 51.3 Å². The molecule has 9 nitrogen and oxygen atoms in total. The highest BCUT2D eigenvalue weighted by molar-refractivity contribution is 5.70. The molecule has 0 bridgehead atoms. The van der Waals surface area contributed by atoms with Gasteiger partial charge in [0.05, 0.1) is 36.2 Å². The molecule has 0 saturated carbocycles. The van der Waals surface area contributed by atoms with Gasteiger partial charge in [0.1, 0.15) is 11.7 Å². The molecule has 4 rings (SSSR count). The van der Waals surface area contributed by atoms with E-state index in [2.05, 4.69) is 43.7 Å². The first-order valence-electron chi connectivity index (χ1n) is 13.6. The fourth-order valence-electron chi connectivity index (χ4n) is 4.42. The number of nitrogens with zero attached hydrogens (tertiary/aromatic N) is 4. The molecular weight excluding hydrogens is 504 g/mol. The number of benzene rings is 2. The van der Waals surface area contributed by atoms with Crippen LogP contribution in [0, 0.1) is 11.3 Å². The van der Waals surface area contributed by atoms with Crippen molar-refractivity contribution in [1.29, 1.82) is 5.26 Å². The lowest BCUT2D eigenvalue weighted by atomic mass is 9.93. The lowest BCUT2D eigenvalue weighted by Gasteiger charge is -2.29. The maximum atomic E-state index is 12.3. The van der Waals surface area contributed by atoms with Crippen molar-refractivity contribution in [2.75, 3.05) is 38.2 Å². The number of rotatable bonds is 8. The summed E-state index contributed by atoms with van der Waals surface area (Å²) in [6, 6.07) is 18.1. The number of morpholine rings is 1. The van der Waals surface area contributed by atoms with Crippen LogP contribution in [0.5, 0.6) is 0 Å². The normalized spacial score (nSPS) is 14.3. The van der Waals surface area contributed by atoms with Crippen LogP contribution in [-0.4, -0.2) is 59.4 Å². The Labute approximate surface area is 236 Å². The minimum Gasteiger partial charge on any atom is -0.444 e. The largest absolute Gasteiger partial charge is 0.444 e. The Bertz CT molecular complexity index is 1340. The number of carbonyl (C=O) groups excluding carboxylic acids is 1. The van der Waals surface area contributed by atoms with E-state index in [4.69, 9.17) is 9.47 Å². The number of ether oxygens (including phenoxy) is 2. The molecule has 0 atom stereocenters. The average molecular weight is 543 g/mol. The van der Waals surface area contributed by atoms with Crippen molar-refractivity contribution in [2.24, 2.45) is 0 Å². The van der Waals surface area contributed by atoms with Crippen molar-refractivity contribution in [3.63, 3.8) is 0 Å². The zero-order valence-corrected chi connectivity index (χ0v) is 24.0. The number of nitriles is 1. The van der Waals surface area contributed by atoms with E-state index in [9.17, 15) is 10.1 Å². The molecule has 210 valence electrons. The maximum absolute atomic E-state index is 12.3. The number of hydrogen-bond donors (Lipinski definition) is 2. The van der Waals surface area contributed by atoms with Gasteiger partial charge in [-0.3, -0.25) is 4.90 Å². The molecule has 2 heterocycles. The van der Waals surface area contributed by atoms with Crippen LogP contribution in [0.15, 0.2) is 54.7 Å². The Hall–Kier alpha value is -4.00. The molecule has 1 fully saturated rings. The quantitative estimate of drug-likeness (QED) is 0.389. The number of alkyl carbamates (subject to hydrolysis) is 1. The van der Waals surface area contributed by atoms with E-state index in [-0.39, 0.29) is 0 Å². The molecule has 1 aliphatic rings. The number of nitrogens with one attached hydrogen (secondary N) is 2. The van der Waals surface area contributed by atoms with Crippen LogP contribution in [-0.2, 0) is 21.4 Å². The van der Waals surface area contributed by atoms with E-state index >= 15 is 0 Å². The maximum Gasteiger partial charge on any atom is 0.408 e. The summed E-state index contributed by atoms with van der Waals surface area (Å²) in [6.45, 7) is 13.9. The second-order valence-electron chi connectivity index (χ2n) is 11.4. The zero-order valence-electron chi connectivity index (χ0n) is 24.0. The van der Waals surface area contributed by atoms with E-state index in [0.29, 0.717) is 17.2 Å². The lowest BCUT2D eigenvalue weighted by Crippen LogP contribution is -2.43. The Kier molecular flexibility index (Phi) is 9.03. The van der Waals surface area contributed by atoms with Crippen LogP contribution in [0.4, 0.5) is 16.4 Å². The summed E-state index contributed by atoms with van der Waals surface area (Å²) in [5, 5.41) is 15.9. The smallest absolute Gasteiger partial charge is 0.408 e. The van der Waals surface area contributed by atoms with Gasteiger partial charge >= 0.3 is 6.09 Å².